The van der Waals surface area contributed by atoms with E-state index < -0.39 is 17.5 Å². The fraction of sp³-hybridized carbons (Fsp3) is 0.588. The van der Waals surface area contributed by atoms with E-state index in [4.69, 9.17) is 11.6 Å². The number of carboxylic acids is 1. The Labute approximate surface area is 136 Å². The van der Waals surface area contributed by atoms with Gasteiger partial charge < -0.3 is 10.2 Å². The Morgan fingerprint density at radius 2 is 2.23 bits per heavy atom. The third-order valence-corrected chi connectivity index (χ3v) is 5.00. The summed E-state index contributed by atoms with van der Waals surface area (Å²) in [5, 5.41) is 20.7. The molecular weight excluding hydrogens is 302 g/mol. The first-order valence-corrected chi connectivity index (χ1v) is 8.15. The number of hydrogen-bond donors (Lipinski definition) is 2. The molecule has 1 fully saturated rings. The van der Waals surface area contributed by atoms with Crippen LogP contribution in [0.1, 0.15) is 37.3 Å². The van der Waals surface area contributed by atoms with Crippen molar-refractivity contribution in [2.75, 3.05) is 13.1 Å². The molecule has 0 aliphatic carbocycles. The Bertz CT molecular complexity index is 549. The van der Waals surface area contributed by atoms with Crippen molar-refractivity contribution in [3.8, 4) is 0 Å². The van der Waals surface area contributed by atoms with E-state index in [9.17, 15) is 15.0 Å². The molecular formula is C17H24ClNO3. The van der Waals surface area contributed by atoms with Gasteiger partial charge in [0.2, 0.25) is 0 Å². The minimum absolute atomic E-state index is 0.397. The number of aliphatic carboxylic acids is 1. The van der Waals surface area contributed by atoms with Crippen molar-refractivity contribution in [1.29, 1.82) is 0 Å². The van der Waals surface area contributed by atoms with E-state index in [0.29, 0.717) is 37.5 Å². The summed E-state index contributed by atoms with van der Waals surface area (Å²) < 4.78 is 0. The van der Waals surface area contributed by atoms with Crippen molar-refractivity contribution in [2.24, 2.45) is 5.41 Å². The van der Waals surface area contributed by atoms with E-state index in [1.807, 2.05) is 32.0 Å². The van der Waals surface area contributed by atoms with E-state index in [1.165, 1.54) is 0 Å². The molecule has 0 aromatic heterocycles. The Kier molecular flexibility index (Phi) is 5.48. The first-order valence-electron chi connectivity index (χ1n) is 7.78. The quantitative estimate of drug-likeness (QED) is 0.873. The number of aryl methyl sites for hydroxylation is 1. The lowest BCUT2D eigenvalue weighted by Crippen LogP contribution is -2.54. The number of rotatable bonds is 5. The van der Waals surface area contributed by atoms with E-state index in [2.05, 4.69) is 4.90 Å². The summed E-state index contributed by atoms with van der Waals surface area (Å²) in [6, 6.07) is 5.79. The zero-order chi connectivity index (χ0) is 16.3. The van der Waals surface area contributed by atoms with Crippen LogP contribution in [0.3, 0.4) is 0 Å². The second kappa shape index (κ2) is 6.99. The van der Waals surface area contributed by atoms with Crippen LogP contribution < -0.4 is 0 Å². The van der Waals surface area contributed by atoms with Gasteiger partial charge in [-0.05, 0) is 49.6 Å². The van der Waals surface area contributed by atoms with Crippen LogP contribution in [-0.4, -0.2) is 40.3 Å². The normalized spacial score (nSPS) is 26.1. The molecule has 0 amide bonds. The van der Waals surface area contributed by atoms with Crippen LogP contribution in [0, 0.1) is 12.3 Å². The van der Waals surface area contributed by atoms with Gasteiger partial charge >= 0.3 is 5.97 Å². The molecule has 2 atom stereocenters. The Morgan fingerprint density at radius 1 is 1.50 bits per heavy atom. The summed E-state index contributed by atoms with van der Waals surface area (Å²) in [4.78, 5) is 13.8. The maximum Gasteiger partial charge on any atom is 0.312 e. The van der Waals surface area contributed by atoms with Gasteiger partial charge in [-0.25, -0.2) is 0 Å². The number of likely N-dealkylation sites (tertiary alicyclic amines) is 1. The SMILES string of the molecule is CCC[C@]1(C(=O)O)CCN(Cc2ccc(Cl)cc2C)C[C@@H]1O. The van der Waals surface area contributed by atoms with Gasteiger partial charge in [-0.1, -0.05) is 31.0 Å². The maximum absolute atomic E-state index is 11.6. The molecule has 2 N–H and O–H groups in total. The molecule has 2 rings (SSSR count). The van der Waals surface area contributed by atoms with Crippen LogP contribution in [0.25, 0.3) is 0 Å². The smallest absolute Gasteiger partial charge is 0.312 e. The number of carboxylic acid groups (broad SMARTS) is 1. The third-order valence-electron chi connectivity index (χ3n) is 4.76. The number of β-amino-alcohol motifs (C(OH)–C–C–N with tert-alkyl or cyclic N) is 1. The molecule has 1 aliphatic rings. The predicted molar refractivity (Wildman–Crippen MR) is 87.1 cm³/mol. The van der Waals surface area contributed by atoms with Gasteiger partial charge in [0.05, 0.1) is 11.5 Å². The minimum atomic E-state index is -0.986. The highest BCUT2D eigenvalue weighted by Gasteiger charge is 2.47. The van der Waals surface area contributed by atoms with Crippen molar-refractivity contribution in [2.45, 2.75) is 45.8 Å². The standard InChI is InChI=1S/C17H24ClNO3/c1-3-6-17(16(21)22)7-8-19(11-15(17)20)10-13-4-5-14(18)9-12(13)2/h4-5,9,15,20H,3,6-8,10-11H2,1-2H3,(H,21,22)/t15-,17-/m0/s1. The average molecular weight is 326 g/mol. The van der Waals surface area contributed by atoms with Crippen molar-refractivity contribution >= 4 is 17.6 Å². The van der Waals surface area contributed by atoms with Crippen LogP contribution in [0.4, 0.5) is 0 Å². The lowest BCUT2D eigenvalue weighted by Gasteiger charge is -2.43. The number of halogens is 1. The number of nitrogens with zero attached hydrogens (tertiary/aromatic N) is 1. The molecule has 5 heteroatoms. The molecule has 122 valence electrons. The van der Waals surface area contributed by atoms with Crippen molar-refractivity contribution in [3.05, 3.63) is 34.3 Å². The molecule has 4 nitrogen and oxygen atoms in total. The monoisotopic (exact) mass is 325 g/mol. The number of carbonyl (C=O) groups is 1. The topological polar surface area (TPSA) is 60.8 Å². The number of hydrogen-bond acceptors (Lipinski definition) is 3. The van der Waals surface area contributed by atoms with Gasteiger partial charge in [-0.15, -0.1) is 0 Å². The van der Waals surface area contributed by atoms with Gasteiger partial charge in [0, 0.05) is 18.1 Å². The first kappa shape index (κ1) is 17.3. The molecule has 1 aromatic rings. The Morgan fingerprint density at radius 3 is 2.77 bits per heavy atom. The zero-order valence-electron chi connectivity index (χ0n) is 13.2. The van der Waals surface area contributed by atoms with Gasteiger partial charge in [-0.2, -0.15) is 0 Å². The Hall–Kier alpha value is -1.10. The lowest BCUT2D eigenvalue weighted by molar-refractivity contribution is -0.164. The molecule has 1 aromatic carbocycles. The fourth-order valence-electron chi connectivity index (χ4n) is 3.35. The second-order valence-corrected chi connectivity index (χ2v) is 6.72. The zero-order valence-corrected chi connectivity index (χ0v) is 13.9. The second-order valence-electron chi connectivity index (χ2n) is 6.28. The number of aliphatic hydroxyl groups is 1. The summed E-state index contributed by atoms with van der Waals surface area (Å²) in [5.74, 6) is -0.871. The highest BCUT2D eigenvalue weighted by molar-refractivity contribution is 6.30. The summed E-state index contributed by atoms with van der Waals surface area (Å²) in [6.45, 7) is 5.77. The fourth-order valence-corrected chi connectivity index (χ4v) is 3.58. The minimum Gasteiger partial charge on any atom is -0.481 e. The van der Waals surface area contributed by atoms with E-state index in [0.717, 1.165) is 17.5 Å². The average Bonchev–Trinajstić information content (AvgIpc) is 2.45. The number of benzene rings is 1. The molecule has 22 heavy (non-hydrogen) atoms. The molecule has 0 radical (unpaired) electrons. The van der Waals surface area contributed by atoms with Gasteiger partial charge in [0.1, 0.15) is 0 Å². The molecule has 0 spiro atoms. The molecule has 1 aliphatic heterocycles. The highest BCUT2D eigenvalue weighted by atomic mass is 35.5. The number of aliphatic hydroxyl groups excluding tert-OH is 1. The third kappa shape index (κ3) is 3.45. The van der Waals surface area contributed by atoms with E-state index in [-0.39, 0.29) is 0 Å². The largest absolute Gasteiger partial charge is 0.481 e. The number of piperidine rings is 1. The molecule has 0 unspecified atom stereocenters. The van der Waals surface area contributed by atoms with Crippen LogP contribution in [0.15, 0.2) is 18.2 Å². The first-order chi connectivity index (χ1) is 10.4. The summed E-state index contributed by atoms with van der Waals surface area (Å²) in [6.07, 6.45) is 0.951. The molecule has 1 heterocycles. The van der Waals surface area contributed by atoms with Gasteiger partial charge in [0.25, 0.3) is 0 Å². The molecule has 1 saturated heterocycles. The van der Waals surface area contributed by atoms with Crippen molar-refractivity contribution in [1.82, 2.24) is 4.90 Å². The molecule has 0 bridgehead atoms. The Balaban J connectivity index is 2.07. The van der Waals surface area contributed by atoms with Gasteiger partial charge in [0.15, 0.2) is 0 Å². The maximum atomic E-state index is 11.6. The van der Waals surface area contributed by atoms with Crippen LogP contribution in [0.5, 0.6) is 0 Å². The van der Waals surface area contributed by atoms with Gasteiger partial charge in [-0.3, -0.25) is 9.69 Å². The van der Waals surface area contributed by atoms with Crippen LogP contribution >= 0.6 is 11.6 Å². The van der Waals surface area contributed by atoms with E-state index >= 15 is 0 Å². The van der Waals surface area contributed by atoms with E-state index in [1.54, 1.807) is 0 Å². The highest BCUT2D eigenvalue weighted by Crippen LogP contribution is 2.37. The lowest BCUT2D eigenvalue weighted by atomic mass is 9.72. The summed E-state index contributed by atoms with van der Waals surface area (Å²) in [7, 11) is 0. The molecule has 0 saturated carbocycles. The predicted octanol–water partition coefficient (Wildman–Crippen LogP) is 3.09. The van der Waals surface area contributed by atoms with Crippen molar-refractivity contribution in [3.63, 3.8) is 0 Å². The summed E-state index contributed by atoms with van der Waals surface area (Å²) >= 11 is 5.97. The van der Waals surface area contributed by atoms with Crippen molar-refractivity contribution < 1.29 is 15.0 Å². The summed E-state index contributed by atoms with van der Waals surface area (Å²) in [5.41, 5.74) is 1.29. The van der Waals surface area contributed by atoms with Crippen LogP contribution in [0.2, 0.25) is 5.02 Å². The van der Waals surface area contributed by atoms with Crippen LogP contribution in [-0.2, 0) is 11.3 Å².